The number of aromatic nitrogens is 4. The van der Waals surface area contributed by atoms with Crippen LogP contribution in [0, 0.1) is 0 Å². The van der Waals surface area contributed by atoms with E-state index in [9.17, 15) is 4.79 Å². The molecule has 0 aliphatic heterocycles. The number of hydrogen-bond acceptors (Lipinski definition) is 5. The van der Waals surface area contributed by atoms with Crippen LogP contribution >= 0.6 is 11.5 Å². The summed E-state index contributed by atoms with van der Waals surface area (Å²) in [5, 5.41) is 18.9. The molecule has 2 amide bonds. The molecule has 3 aromatic rings. The van der Waals surface area contributed by atoms with E-state index >= 15 is 0 Å². The van der Waals surface area contributed by atoms with Crippen LogP contribution in [-0.2, 0) is 12.8 Å². The summed E-state index contributed by atoms with van der Waals surface area (Å²) in [6.07, 6.45) is 4.48. The van der Waals surface area contributed by atoms with Gasteiger partial charge in [0.1, 0.15) is 5.69 Å². The second kappa shape index (κ2) is 6.40. The van der Waals surface area contributed by atoms with E-state index in [-0.39, 0.29) is 12.1 Å². The first-order chi connectivity index (χ1) is 11.8. The molecule has 1 aliphatic carbocycles. The number of carbonyl (C=O) groups is 1. The average Bonchev–Trinajstić information content (AvgIpc) is 3.26. The zero-order valence-electron chi connectivity index (χ0n) is 12.8. The maximum Gasteiger partial charge on any atom is 0.319 e. The number of amides is 2. The summed E-state index contributed by atoms with van der Waals surface area (Å²) in [5.41, 5.74) is 4.94. The third kappa shape index (κ3) is 3.13. The van der Waals surface area contributed by atoms with Crippen LogP contribution in [0.5, 0.6) is 0 Å². The Morgan fingerprint density at radius 2 is 2.17 bits per heavy atom. The highest BCUT2D eigenvalue weighted by molar-refractivity contribution is 7.03. The number of aryl methyl sites for hydroxylation is 1. The second-order valence-electron chi connectivity index (χ2n) is 5.78. The fraction of sp³-hybridized carbons (Fsp3) is 0.250. The van der Waals surface area contributed by atoms with E-state index in [1.54, 1.807) is 0 Å². The lowest BCUT2D eigenvalue weighted by molar-refractivity contribution is 0.247. The van der Waals surface area contributed by atoms with Gasteiger partial charge in [-0.2, -0.15) is 5.10 Å². The Kier molecular flexibility index (Phi) is 3.96. The van der Waals surface area contributed by atoms with Gasteiger partial charge in [0.05, 0.1) is 6.20 Å². The topological polar surface area (TPSA) is 95.6 Å². The molecule has 122 valence electrons. The second-order valence-corrected chi connectivity index (χ2v) is 6.39. The molecule has 7 nitrogen and oxygen atoms in total. The van der Waals surface area contributed by atoms with Crippen LogP contribution in [0.1, 0.15) is 17.7 Å². The first-order valence-corrected chi connectivity index (χ1v) is 8.58. The highest BCUT2D eigenvalue weighted by Crippen LogP contribution is 2.21. The minimum atomic E-state index is -0.185. The molecule has 1 aromatic carbocycles. The Labute approximate surface area is 142 Å². The molecule has 2 heterocycles. The first kappa shape index (κ1) is 14.8. The van der Waals surface area contributed by atoms with Gasteiger partial charge in [-0.25, -0.2) is 4.79 Å². The molecular weight excluding hydrogens is 324 g/mol. The normalized spacial score (nSPS) is 16.4. The average molecular weight is 340 g/mol. The lowest BCUT2D eigenvalue weighted by Gasteiger charge is -2.23. The van der Waals surface area contributed by atoms with Crippen molar-refractivity contribution in [1.82, 2.24) is 25.1 Å². The Bertz CT molecular complexity index is 827. The van der Waals surface area contributed by atoms with Crippen LogP contribution in [0.25, 0.3) is 11.3 Å². The van der Waals surface area contributed by atoms with E-state index in [2.05, 4.69) is 30.4 Å². The minimum absolute atomic E-state index is 0.135. The number of hydrogen-bond donors (Lipinski definition) is 3. The largest absolute Gasteiger partial charge is 0.335 e. The molecule has 1 atom stereocenters. The van der Waals surface area contributed by atoms with E-state index in [0.29, 0.717) is 0 Å². The van der Waals surface area contributed by atoms with Gasteiger partial charge in [-0.3, -0.25) is 5.10 Å². The predicted molar refractivity (Wildman–Crippen MR) is 91.9 cm³/mol. The minimum Gasteiger partial charge on any atom is -0.335 e. The molecule has 4 rings (SSSR count). The third-order valence-corrected chi connectivity index (χ3v) is 4.66. The Morgan fingerprint density at radius 1 is 1.29 bits per heavy atom. The molecule has 0 fully saturated rings. The molecule has 24 heavy (non-hydrogen) atoms. The van der Waals surface area contributed by atoms with Gasteiger partial charge in [-0.1, -0.05) is 16.6 Å². The van der Waals surface area contributed by atoms with Crippen LogP contribution in [0.15, 0.2) is 35.8 Å². The molecule has 0 radical (unpaired) electrons. The summed E-state index contributed by atoms with van der Waals surface area (Å²) in [6, 6.07) is 7.52. The summed E-state index contributed by atoms with van der Waals surface area (Å²) >= 11 is 1.32. The Balaban J connectivity index is 1.35. The van der Waals surface area contributed by atoms with Gasteiger partial charge >= 0.3 is 6.03 Å². The summed E-state index contributed by atoms with van der Waals surface area (Å²) in [4.78, 5) is 12.2. The van der Waals surface area contributed by atoms with Crippen molar-refractivity contribution in [2.75, 3.05) is 5.32 Å². The first-order valence-electron chi connectivity index (χ1n) is 7.74. The van der Waals surface area contributed by atoms with Gasteiger partial charge in [-0.05, 0) is 48.5 Å². The summed E-state index contributed by atoms with van der Waals surface area (Å²) in [5.74, 6) is 0. The van der Waals surface area contributed by atoms with E-state index in [1.165, 1.54) is 22.8 Å². The number of rotatable bonds is 3. The van der Waals surface area contributed by atoms with Crippen LogP contribution in [0.4, 0.5) is 10.5 Å². The third-order valence-electron chi connectivity index (χ3n) is 4.15. The highest BCUT2D eigenvalue weighted by atomic mass is 32.1. The molecule has 0 saturated carbocycles. The summed E-state index contributed by atoms with van der Waals surface area (Å²) in [7, 11) is 0. The van der Waals surface area contributed by atoms with E-state index < -0.39 is 0 Å². The maximum atomic E-state index is 12.2. The fourth-order valence-electron chi connectivity index (χ4n) is 2.91. The van der Waals surface area contributed by atoms with Gasteiger partial charge in [0.2, 0.25) is 0 Å². The number of nitrogens with zero attached hydrogens (tertiary/aromatic N) is 3. The van der Waals surface area contributed by atoms with E-state index in [0.717, 1.165) is 36.2 Å². The number of nitrogens with one attached hydrogen (secondary N) is 3. The van der Waals surface area contributed by atoms with Crippen LogP contribution < -0.4 is 10.6 Å². The zero-order chi connectivity index (χ0) is 16.4. The number of carbonyl (C=O) groups excluding carboxylic acids is 1. The van der Waals surface area contributed by atoms with Crippen LogP contribution in [0.3, 0.4) is 0 Å². The quantitative estimate of drug-likeness (QED) is 0.683. The van der Waals surface area contributed by atoms with Gasteiger partial charge in [0, 0.05) is 28.4 Å². The van der Waals surface area contributed by atoms with E-state index in [1.807, 2.05) is 35.8 Å². The van der Waals surface area contributed by atoms with Crippen LogP contribution in [-0.4, -0.2) is 31.9 Å². The summed E-state index contributed by atoms with van der Waals surface area (Å²) < 4.78 is 3.85. The predicted octanol–water partition coefficient (Wildman–Crippen LogP) is 2.61. The van der Waals surface area contributed by atoms with Crippen molar-refractivity contribution in [1.29, 1.82) is 0 Å². The van der Waals surface area contributed by atoms with Gasteiger partial charge < -0.3 is 10.6 Å². The molecular formula is C16H16N6OS. The molecule has 2 aromatic heterocycles. The molecule has 3 N–H and O–H groups in total. The van der Waals surface area contributed by atoms with Gasteiger partial charge in [0.25, 0.3) is 0 Å². The molecule has 0 bridgehead atoms. The standard InChI is InChI=1S/C16H16N6OS/c23-16(19-13-5-6-14-11(7-13)8-17-20-14)18-12-3-1-10(2-4-12)15-9-24-22-21-15/h1-4,8-9,13H,5-7H2,(H,17,20)(H2,18,19,23). The van der Waals surface area contributed by atoms with E-state index in [4.69, 9.17) is 0 Å². The van der Waals surface area contributed by atoms with Crippen molar-refractivity contribution >= 4 is 23.3 Å². The fourth-order valence-corrected chi connectivity index (χ4v) is 3.37. The molecule has 8 heteroatoms. The summed E-state index contributed by atoms with van der Waals surface area (Å²) in [6.45, 7) is 0. The molecule has 0 saturated heterocycles. The lowest BCUT2D eigenvalue weighted by Crippen LogP contribution is -2.41. The smallest absolute Gasteiger partial charge is 0.319 e. The van der Waals surface area contributed by atoms with Crippen molar-refractivity contribution in [2.24, 2.45) is 0 Å². The highest BCUT2D eigenvalue weighted by Gasteiger charge is 2.21. The number of anilines is 1. The molecule has 0 spiro atoms. The van der Waals surface area contributed by atoms with Crippen molar-refractivity contribution in [3.8, 4) is 11.3 Å². The van der Waals surface area contributed by atoms with Crippen LogP contribution in [0.2, 0.25) is 0 Å². The SMILES string of the molecule is O=C(Nc1ccc(-c2csnn2)cc1)NC1CCc2[nH]ncc2C1. The monoisotopic (exact) mass is 340 g/mol. The van der Waals surface area contributed by atoms with Crippen molar-refractivity contribution in [3.05, 3.63) is 47.1 Å². The number of H-pyrrole nitrogens is 1. The van der Waals surface area contributed by atoms with Gasteiger partial charge in [-0.15, -0.1) is 5.10 Å². The molecule has 1 unspecified atom stereocenters. The molecule has 1 aliphatic rings. The zero-order valence-corrected chi connectivity index (χ0v) is 13.6. The van der Waals surface area contributed by atoms with Crippen molar-refractivity contribution in [3.63, 3.8) is 0 Å². The number of aromatic amines is 1. The Hall–Kier alpha value is -2.74. The Morgan fingerprint density at radius 3 is 2.96 bits per heavy atom. The number of benzene rings is 1. The maximum absolute atomic E-state index is 12.2. The van der Waals surface area contributed by atoms with Crippen molar-refractivity contribution < 1.29 is 4.79 Å². The number of urea groups is 1. The number of fused-ring (bicyclic) bond motifs is 1. The van der Waals surface area contributed by atoms with Gasteiger partial charge in [0.15, 0.2) is 0 Å². The lowest BCUT2D eigenvalue weighted by atomic mass is 9.94. The van der Waals surface area contributed by atoms with Crippen molar-refractivity contribution in [2.45, 2.75) is 25.3 Å².